The summed E-state index contributed by atoms with van der Waals surface area (Å²) in [6.45, 7) is 2.29. The zero-order chi connectivity index (χ0) is 9.52. The monoisotopic (exact) mass is 246 g/mol. The Kier molecular flexibility index (Phi) is 6.10. The number of hydrogen-bond acceptors (Lipinski definition) is 0. The van der Waals surface area contributed by atoms with E-state index < -0.39 is 0 Å². The van der Waals surface area contributed by atoms with E-state index in [0.717, 1.165) is 10.7 Å². The molecule has 1 unspecified atom stereocenters. The van der Waals surface area contributed by atoms with Gasteiger partial charge in [0.05, 0.1) is 0 Å². The van der Waals surface area contributed by atoms with Crippen LogP contribution in [0.2, 0.25) is 0 Å². The quantitative estimate of drug-likeness (QED) is 0.621. The molecular formula is C12H23Br. The minimum Gasteiger partial charge on any atom is -0.0888 e. The van der Waals surface area contributed by atoms with Crippen LogP contribution in [0.3, 0.4) is 0 Å². The molecular weight excluding hydrogens is 224 g/mol. The van der Waals surface area contributed by atoms with Gasteiger partial charge in [-0.1, -0.05) is 61.4 Å². The lowest BCUT2D eigenvalue weighted by Crippen LogP contribution is -2.15. The van der Waals surface area contributed by atoms with E-state index in [9.17, 15) is 0 Å². The predicted octanol–water partition coefficient (Wildman–Crippen LogP) is 4.91. The normalized spacial score (nSPS) is 23.5. The Balaban J connectivity index is 2.27. The molecule has 0 heterocycles. The van der Waals surface area contributed by atoms with E-state index in [1.165, 1.54) is 57.8 Å². The molecule has 1 aliphatic rings. The van der Waals surface area contributed by atoms with Crippen molar-refractivity contribution in [1.29, 1.82) is 0 Å². The van der Waals surface area contributed by atoms with Crippen molar-refractivity contribution in [2.75, 3.05) is 0 Å². The van der Waals surface area contributed by atoms with Gasteiger partial charge in [-0.05, 0) is 25.2 Å². The largest absolute Gasteiger partial charge is 0.0888 e. The molecule has 1 atom stereocenters. The van der Waals surface area contributed by atoms with Crippen molar-refractivity contribution >= 4 is 15.9 Å². The first kappa shape index (κ1) is 11.6. The van der Waals surface area contributed by atoms with E-state index in [4.69, 9.17) is 0 Å². The van der Waals surface area contributed by atoms with Crippen molar-refractivity contribution in [3.8, 4) is 0 Å². The van der Waals surface area contributed by atoms with Crippen LogP contribution >= 0.6 is 15.9 Å². The maximum Gasteiger partial charge on any atom is 0.0174 e. The van der Waals surface area contributed by atoms with Gasteiger partial charge < -0.3 is 0 Å². The fourth-order valence-corrected chi connectivity index (χ4v) is 3.35. The van der Waals surface area contributed by atoms with Crippen molar-refractivity contribution in [2.45, 2.75) is 69.5 Å². The topological polar surface area (TPSA) is 0 Å². The molecule has 1 fully saturated rings. The van der Waals surface area contributed by atoms with Gasteiger partial charge in [-0.25, -0.2) is 0 Å². The van der Waals surface area contributed by atoms with Crippen LogP contribution in [0.1, 0.15) is 64.7 Å². The minimum absolute atomic E-state index is 0.801. The van der Waals surface area contributed by atoms with Crippen molar-refractivity contribution in [3.63, 3.8) is 0 Å². The highest BCUT2D eigenvalue weighted by Crippen LogP contribution is 2.30. The van der Waals surface area contributed by atoms with Gasteiger partial charge in [0.15, 0.2) is 0 Å². The van der Waals surface area contributed by atoms with Crippen LogP contribution in [-0.4, -0.2) is 4.83 Å². The maximum atomic E-state index is 3.86. The summed E-state index contributed by atoms with van der Waals surface area (Å²) in [6.07, 6.45) is 13.0. The van der Waals surface area contributed by atoms with Gasteiger partial charge in [0.25, 0.3) is 0 Å². The molecule has 0 N–H and O–H groups in total. The lowest BCUT2D eigenvalue weighted by atomic mass is 9.87. The first-order chi connectivity index (χ1) is 6.34. The minimum atomic E-state index is 0.801. The van der Waals surface area contributed by atoms with Gasteiger partial charge in [0.1, 0.15) is 0 Å². The fraction of sp³-hybridized carbons (Fsp3) is 1.00. The van der Waals surface area contributed by atoms with Crippen LogP contribution in [0, 0.1) is 5.92 Å². The van der Waals surface area contributed by atoms with Gasteiger partial charge in [0.2, 0.25) is 0 Å². The second-order valence-electron chi connectivity index (χ2n) is 4.41. The molecule has 0 aliphatic heterocycles. The lowest BCUT2D eigenvalue weighted by Gasteiger charge is -2.24. The first-order valence-electron chi connectivity index (χ1n) is 5.98. The molecule has 1 heteroatoms. The highest BCUT2D eigenvalue weighted by molar-refractivity contribution is 9.09. The third-order valence-electron chi connectivity index (χ3n) is 3.23. The van der Waals surface area contributed by atoms with E-state index >= 15 is 0 Å². The Labute approximate surface area is 91.6 Å². The van der Waals surface area contributed by atoms with E-state index in [1.807, 2.05) is 0 Å². The Bertz CT molecular complexity index is 114. The molecule has 0 spiro atoms. The van der Waals surface area contributed by atoms with Crippen LogP contribution in [0.4, 0.5) is 0 Å². The molecule has 0 amide bonds. The van der Waals surface area contributed by atoms with Crippen LogP contribution in [0.25, 0.3) is 0 Å². The zero-order valence-electron chi connectivity index (χ0n) is 8.90. The van der Waals surface area contributed by atoms with Crippen LogP contribution in [-0.2, 0) is 0 Å². The summed E-state index contributed by atoms with van der Waals surface area (Å²) < 4.78 is 0. The van der Waals surface area contributed by atoms with E-state index in [0.29, 0.717) is 0 Å². The van der Waals surface area contributed by atoms with Gasteiger partial charge in [-0.15, -0.1) is 0 Å². The zero-order valence-corrected chi connectivity index (χ0v) is 10.5. The maximum absolute atomic E-state index is 3.86. The van der Waals surface area contributed by atoms with E-state index in [2.05, 4.69) is 22.9 Å². The van der Waals surface area contributed by atoms with E-state index in [-0.39, 0.29) is 0 Å². The summed E-state index contributed by atoms with van der Waals surface area (Å²) in [5.74, 6) is 0.972. The molecule has 0 saturated heterocycles. The lowest BCUT2D eigenvalue weighted by molar-refractivity contribution is 0.362. The number of alkyl halides is 1. The molecule has 0 aromatic carbocycles. The second-order valence-corrected chi connectivity index (χ2v) is 5.59. The van der Waals surface area contributed by atoms with Crippen LogP contribution in [0.5, 0.6) is 0 Å². The van der Waals surface area contributed by atoms with Crippen LogP contribution < -0.4 is 0 Å². The molecule has 0 nitrogen and oxygen atoms in total. The third-order valence-corrected chi connectivity index (χ3v) is 4.43. The molecule has 1 rings (SSSR count). The summed E-state index contributed by atoms with van der Waals surface area (Å²) >= 11 is 3.86. The average molecular weight is 247 g/mol. The fourth-order valence-electron chi connectivity index (χ4n) is 2.36. The average Bonchev–Trinajstić information content (AvgIpc) is 2.03. The number of rotatable bonds is 3. The summed E-state index contributed by atoms with van der Waals surface area (Å²) in [6, 6.07) is 0. The van der Waals surface area contributed by atoms with Crippen molar-refractivity contribution < 1.29 is 0 Å². The molecule has 1 saturated carbocycles. The molecule has 13 heavy (non-hydrogen) atoms. The summed E-state index contributed by atoms with van der Waals surface area (Å²) in [7, 11) is 0. The Morgan fingerprint density at radius 3 is 2.15 bits per heavy atom. The Morgan fingerprint density at radius 2 is 1.62 bits per heavy atom. The highest BCUT2D eigenvalue weighted by Gasteiger charge is 2.18. The van der Waals surface area contributed by atoms with Gasteiger partial charge >= 0.3 is 0 Å². The van der Waals surface area contributed by atoms with E-state index in [1.54, 1.807) is 0 Å². The standard InChI is InChI=1S/C12H23Br/c1-2-8-12(13)11-9-6-4-3-5-7-10-11/h11-12H,2-10H2,1H3. The number of hydrogen-bond donors (Lipinski definition) is 0. The smallest absolute Gasteiger partial charge is 0.0174 e. The van der Waals surface area contributed by atoms with Gasteiger partial charge in [-0.3, -0.25) is 0 Å². The highest BCUT2D eigenvalue weighted by atomic mass is 79.9. The SMILES string of the molecule is CCCC(Br)C1CCCCCCC1. The second kappa shape index (κ2) is 6.86. The Hall–Kier alpha value is 0.480. The molecule has 1 aliphatic carbocycles. The van der Waals surface area contributed by atoms with Gasteiger partial charge in [0, 0.05) is 4.83 Å². The van der Waals surface area contributed by atoms with Crippen molar-refractivity contribution in [3.05, 3.63) is 0 Å². The predicted molar refractivity (Wildman–Crippen MR) is 63.4 cm³/mol. The number of halogens is 1. The van der Waals surface area contributed by atoms with Crippen molar-refractivity contribution in [1.82, 2.24) is 0 Å². The summed E-state index contributed by atoms with van der Waals surface area (Å²) in [4.78, 5) is 0.801. The molecule has 0 aromatic rings. The Morgan fingerprint density at radius 1 is 1.08 bits per heavy atom. The molecule has 0 radical (unpaired) electrons. The summed E-state index contributed by atoms with van der Waals surface area (Å²) in [5.41, 5.74) is 0. The first-order valence-corrected chi connectivity index (χ1v) is 6.90. The van der Waals surface area contributed by atoms with Crippen LogP contribution in [0.15, 0.2) is 0 Å². The molecule has 0 bridgehead atoms. The summed E-state index contributed by atoms with van der Waals surface area (Å²) in [5, 5.41) is 0. The molecule has 78 valence electrons. The molecule has 0 aromatic heterocycles. The van der Waals surface area contributed by atoms with Gasteiger partial charge in [-0.2, -0.15) is 0 Å². The van der Waals surface area contributed by atoms with Crippen molar-refractivity contribution in [2.24, 2.45) is 5.92 Å². The third kappa shape index (κ3) is 4.49.